The molecule has 0 aliphatic heterocycles. The maximum Gasteiger partial charge on any atom is 0.260 e. The largest absolute Gasteiger partial charge is 0.497 e. The van der Waals surface area contributed by atoms with E-state index >= 15 is 0 Å². The minimum absolute atomic E-state index is 0.286. The fourth-order valence-electron chi connectivity index (χ4n) is 2.16. The Morgan fingerprint density at radius 3 is 2.50 bits per heavy atom. The highest BCUT2D eigenvalue weighted by Gasteiger charge is 2.11. The molecule has 2 N–H and O–H groups in total. The second-order valence-electron chi connectivity index (χ2n) is 5.26. The first-order valence-corrected chi connectivity index (χ1v) is 7.65. The van der Waals surface area contributed by atoms with Crippen LogP contribution in [0.4, 0.5) is 17.5 Å². The molecule has 2 heterocycles. The van der Waals surface area contributed by atoms with Crippen LogP contribution in [0.3, 0.4) is 0 Å². The number of benzene rings is 1. The molecule has 2 aromatic heterocycles. The lowest BCUT2D eigenvalue weighted by Crippen LogP contribution is -2.13. The summed E-state index contributed by atoms with van der Waals surface area (Å²) in [5.74, 6) is 2.12. The summed E-state index contributed by atoms with van der Waals surface area (Å²) in [4.78, 5) is 20.4. The third-order valence-corrected chi connectivity index (χ3v) is 3.44. The summed E-state index contributed by atoms with van der Waals surface area (Å²) < 4.78 is 15.4. The molecular weight excluding hydrogens is 338 g/mol. The first kappa shape index (κ1) is 17.2. The Morgan fingerprint density at radius 2 is 1.88 bits per heavy atom. The number of nitrogens with zero attached hydrogens (tertiary/aromatic N) is 3. The molecule has 0 bridgehead atoms. The molecule has 3 rings (SSSR count). The summed E-state index contributed by atoms with van der Waals surface area (Å²) in [5.41, 5.74) is 0.927. The van der Waals surface area contributed by atoms with Gasteiger partial charge in [0.05, 0.1) is 25.5 Å². The van der Waals surface area contributed by atoms with Crippen LogP contribution in [0.15, 0.2) is 41.2 Å². The van der Waals surface area contributed by atoms with Crippen LogP contribution in [0.2, 0.25) is 0 Å². The third kappa shape index (κ3) is 3.89. The fourth-order valence-corrected chi connectivity index (χ4v) is 2.16. The topological polar surface area (TPSA) is 111 Å². The molecule has 0 spiro atoms. The molecular formula is C17H17N5O4. The van der Waals surface area contributed by atoms with Crippen molar-refractivity contribution in [2.75, 3.05) is 24.9 Å². The van der Waals surface area contributed by atoms with Gasteiger partial charge in [-0.25, -0.2) is 9.97 Å². The van der Waals surface area contributed by atoms with Gasteiger partial charge in [-0.05, 0) is 19.1 Å². The minimum Gasteiger partial charge on any atom is -0.497 e. The van der Waals surface area contributed by atoms with Gasteiger partial charge in [0.1, 0.15) is 17.3 Å². The number of nitrogens with one attached hydrogen (secondary N) is 2. The number of anilines is 3. The molecule has 9 nitrogen and oxygen atoms in total. The number of aryl methyl sites for hydroxylation is 1. The van der Waals surface area contributed by atoms with E-state index in [-0.39, 0.29) is 11.5 Å². The highest BCUT2D eigenvalue weighted by atomic mass is 16.5. The second-order valence-corrected chi connectivity index (χ2v) is 5.26. The first-order valence-electron chi connectivity index (χ1n) is 7.65. The van der Waals surface area contributed by atoms with E-state index in [0.29, 0.717) is 34.7 Å². The van der Waals surface area contributed by atoms with Crippen LogP contribution in [-0.2, 0) is 0 Å². The van der Waals surface area contributed by atoms with E-state index in [1.165, 1.54) is 12.4 Å². The van der Waals surface area contributed by atoms with E-state index < -0.39 is 0 Å². The van der Waals surface area contributed by atoms with Gasteiger partial charge in [0.25, 0.3) is 5.91 Å². The zero-order chi connectivity index (χ0) is 18.5. The number of ether oxygens (including phenoxy) is 2. The minimum atomic E-state index is -0.385. The van der Waals surface area contributed by atoms with Crippen LogP contribution >= 0.6 is 0 Å². The molecule has 0 aliphatic rings. The van der Waals surface area contributed by atoms with Crippen molar-refractivity contribution in [3.8, 4) is 11.5 Å². The molecule has 0 fully saturated rings. The number of carbonyl (C=O) groups excluding carboxylic acids is 1. The number of carbonyl (C=O) groups is 1. The lowest BCUT2D eigenvalue weighted by atomic mass is 10.2. The Kier molecular flexibility index (Phi) is 4.97. The molecule has 26 heavy (non-hydrogen) atoms. The normalized spacial score (nSPS) is 10.3. The van der Waals surface area contributed by atoms with Crippen molar-refractivity contribution in [2.45, 2.75) is 6.92 Å². The number of amides is 1. The zero-order valence-corrected chi connectivity index (χ0v) is 14.4. The van der Waals surface area contributed by atoms with Crippen molar-refractivity contribution in [3.63, 3.8) is 0 Å². The second kappa shape index (κ2) is 7.51. The molecule has 0 unspecified atom stereocenters. The Hall–Kier alpha value is -3.62. The standard InChI is InChI=1S/C17H17N5O4/c1-10-6-15(22-26-10)21-16(23)11-8-18-17(19-9-11)20-13-7-12(24-2)4-5-14(13)25-3/h4-9H,1-3H3,(H,18,19,20)(H,21,22,23). The van der Waals surface area contributed by atoms with E-state index in [0.717, 1.165) is 0 Å². The van der Waals surface area contributed by atoms with Gasteiger partial charge in [-0.1, -0.05) is 5.16 Å². The van der Waals surface area contributed by atoms with Crippen LogP contribution in [-0.4, -0.2) is 35.3 Å². The SMILES string of the molecule is COc1ccc(OC)c(Nc2ncc(C(=O)Nc3cc(C)on3)cn2)c1. The molecule has 0 saturated heterocycles. The maximum absolute atomic E-state index is 12.1. The summed E-state index contributed by atoms with van der Waals surface area (Å²) in [6.07, 6.45) is 2.81. The molecule has 0 radical (unpaired) electrons. The zero-order valence-electron chi connectivity index (χ0n) is 14.4. The summed E-state index contributed by atoms with van der Waals surface area (Å²) in [7, 11) is 3.14. The van der Waals surface area contributed by atoms with Crippen LogP contribution in [0.5, 0.6) is 11.5 Å². The van der Waals surface area contributed by atoms with Gasteiger partial charge in [0.2, 0.25) is 5.95 Å². The number of rotatable bonds is 6. The predicted octanol–water partition coefficient (Wildman–Crippen LogP) is 2.79. The number of hydrogen-bond acceptors (Lipinski definition) is 8. The van der Waals surface area contributed by atoms with Gasteiger partial charge in [0.15, 0.2) is 5.82 Å². The monoisotopic (exact) mass is 355 g/mol. The van der Waals surface area contributed by atoms with E-state index in [9.17, 15) is 4.79 Å². The highest BCUT2D eigenvalue weighted by Crippen LogP contribution is 2.30. The Balaban J connectivity index is 1.72. The Labute approximate surface area is 149 Å². The Morgan fingerprint density at radius 1 is 1.12 bits per heavy atom. The van der Waals surface area contributed by atoms with E-state index in [1.807, 2.05) is 0 Å². The van der Waals surface area contributed by atoms with Gasteiger partial charge >= 0.3 is 0 Å². The predicted molar refractivity (Wildman–Crippen MR) is 94.1 cm³/mol. The lowest BCUT2D eigenvalue weighted by molar-refractivity contribution is 0.102. The van der Waals surface area contributed by atoms with Crippen LogP contribution in [0, 0.1) is 6.92 Å². The van der Waals surface area contributed by atoms with Crippen molar-refractivity contribution in [2.24, 2.45) is 0 Å². The molecule has 134 valence electrons. The third-order valence-electron chi connectivity index (χ3n) is 3.44. The average Bonchev–Trinajstić information content (AvgIpc) is 3.07. The molecule has 0 atom stereocenters. The fraction of sp³-hybridized carbons (Fsp3) is 0.176. The first-order chi connectivity index (χ1) is 12.6. The maximum atomic E-state index is 12.1. The molecule has 3 aromatic rings. The molecule has 0 aliphatic carbocycles. The summed E-state index contributed by atoms with van der Waals surface area (Å²) in [6.45, 7) is 1.74. The van der Waals surface area contributed by atoms with Gasteiger partial charge in [-0.15, -0.1) is 0 Å². The molecule has 1 aromatic carbocycles. The van der Waals surface area contributed by atoms with Crippen LogP contribution < -0.4 is 20.1 Å². The highest BCUT2D eigenvalue weighted by molar-refractivity contribution is 6.03. The van der Waals surface area contributed by atoms with Gasteiger partial charge < -0.3 is 24.6 Å². The number of hydrogen-bond donors (Lipinski definition) is 2. The van der Waals surface area contributed by atoms with E-state index in [2.05, 4.69) is 25.8 Å². The van der Waals surface area contributed by atoms with Crippen molar-refractivity contribution >= 4 is 23.4 Å². The van der Waals surface area contributed by atoms with Crippen LogP contribution in [0.25, 0.3) is 0 Å². The average molecular weight is 355 g/mol. The summed E-state index contributed by atoms with van der Waals surface area (Å²) >= 11 is 0. The van der Waals surface area contributed by atoms with E-state index in [4.69, 9.17) is 14.0 Å². The van der Waals surface area contributed by atoms with Gasteiger partial charge in [-0.3, -0.25) is 4.79 Å². The van der Waals surface area contributed by atoms with Crippen LogP contribution in [0.1, 0.15) is 16.1 Å². The molecule has 0 saturated carbocycles. The van der Waals surface area contributed by atoms with Crippen molar-refractivity contribution in [1.29, 1.82) is 0 Å². The summed E-state index contributed by atoms with van der Waals surface area (Å²) in [5, 5.41) is 9.34. The Bertz CT molecular complexity index is 908. The number of methoxy groups -OCH3 is 2. The quantitative estimate of drug-likeness (QED) is 0.694. The van der Waals surface area contributed by atoms with E-state index in [1.54, 1.807) is 45.4 Å². The van der Waals surface area contributed by atoms with Gasteiger partial charge in [0, 0.05) is 24.5 Å². The molecule has 9 heteroatoms. The van der Waals surface area contributed by atoms with Crippen molar-refractivity contribution in [3.05, 3.63) is 48.0 Å². The van der Waals surface area contributed by atoms with Crippen molar-refractivity contribution < 1.29 is 18.8 Å². The lowest BCUT2D eigenvalue weighted by Gasteiger charge is -2.11. The van der Waals surface area contributed by atoms with Crippen molar-refractivity contribution in [1.82, 2.24) is 15.1 Å². The number of aromatic nitrogens is 3. The van der Waals surface area contributed by atoms with Gasteiger partial charge in [-0.2, -0.15) is 0 Å². The summed E-state index contributed by atoms with van der Waals surface area (Å²) in [6, 6.07) is 6.92. The smallest absolute Gasteiger partial charge is 0.260 e. The molecule has 1 amide bonds.